The predicted octanol–water partition coefficient (Wildman–Crippen LogP) is 3.73. The lowest BCUT2D eigenvalue weighted by molar-refractivity contribution is 0.0521. The summed E-state index contributed by atoms with van der Waals surface area (Å²) in [6, 6.07) is 0.779. The van der Waals surface area contributed by atoms with Gasteiger partial charge >= 0.3 is 0 Å². The first-order valence-electron chi connectivity index (χ1n) is 6.18. The molecule has 1 fully saturated rings. The van der Waals surface area contributed by atoms with Gasteiger partial charge in [0, 0.05) is 11.6 Å². The fourth-order valence-corrected chi connectivity index (χ4v) is 2.90. The summed E-state index contributed by atoms with van der Waals surface area (Å²) < 4.78 is 0. The zero-order valence-electron chi connectivity index (χ0n) is 10.6. The Labute approximate surface area is 89.7 Å². The van der Waals surface area contributed by atoms with Gasteiger partial charge in [-0.15, -0.1) is 0 Å². The second-order valence-electron chi connectivity index (χ2n) is 6.10. The third-order valence-electron chi connectivity index (χ3n) is 3.53. The van der Waals surface area contributed by atoms with Crippen LogP contribution in [0.3, 0.4) is 0 Å². The first-order chi connectivity index (χ1) is 6.41. The molecule has 0 bridgehead atoms. The van der Waals surface area contributed by atoms with E-state index in [9.17, 15) is 0 Å². The molecule has 1 aliphatic carbocycles. The van der Waals surface area contributed by atoms with E-state index in [0.29, 0.717) is 5.41 Å². The summed E-state index contributed by atoms with van der Waals surface area (Å²) in [5, 5.41) is 3.70. The zero-order chi connectivity index (χ0) is 10.8. The van der Waals surface area contributed by atoms with Gasteiger partial charge < -0.3 is 5.32 Å². The van der Waals surface area contributed by atoms with Crippen LogP contribution in [0.5, 0.6) is 0 Å². The molecule has 0 heterocycles. The standard InChI is InChI=1S/C13H27N/c1-6-8-13(7-2)9-11(10-13)14-12(3,4)5/h11,14H,6-10H2,1-5H3. The Morgan fingerprint density at radius 1 is 1.21 bits per heavy atom. The van der Waals surface area contributed by atoms with Crippen LogP contribution in [0.1, 0.15) is 66.7 Å². The van der Waals surface area contributed by atoms with Gasteiger partial charge in [0.05, 0.1) is 0 Å². The Bertz CT molecular complexity index is 172. The summed E-state index contributed by atoms with van der Waals surface area (Å²) in [4.78, 5) is 0. The lowest BCUT2D eigenvalue weighted by Crippen LogP contribution is -2.54. The Hall–Kier alpha value is -0.0400. The van der Waals surface area contributed by atoms with Crippen molar-refractivity contribution in [3.63, 3.8) is 0 Å². The summed E-state index contributed by atoms with van der Waals surface area (Å²) in [6.07, 6.45) is 6.92. The molecule has 0 spiro atoms. The second-order valence-corrected chi connectivity index (χ2v) is 6.10. The molecular formula is C13H27N. The lowest BCUT2D eigenvalue weighted by Gasteiger charge is -2.50. The van der Waals surface area contributed by atoms with Crippen LogP contribution in [0.15, 0.2) is 0 Å². The van der Waals surface area contributed by atoms with Crippen molar-refractivity contribution in [2.24, 2.45) is 5.41 Å². The third kappa shape index (κ3) is 2.98. The Morgan fingerprint density at radius 2 is 1.79 bits per heavy atom. The molecule has 0 aliphatic heterocycles. The van der Waals surface area contributed by atoms with Crippen molar-refractivity contribution in [1.29, 1.82) is 0 Å². The maximum atomic E-state index is 3.70. The minimum Gasteiger partial charge on any atom is -0.309 e. The minimum absolute atomic E-state index is 0.288. The van der Waals surface area contributed by atoms with Gasteiger partial charge in [-0.25, -0.2) is 0 Å². The number of nitrogens with one attached hydrogen (secondary N) is 1. The monoisotopic (exact) mass is 197 g/mol. The van der Waals surface area contributed by atoms with Crippen LogP contribution in [-0.2, 0) is 0 Å². The molecule has 84 valence electrons. The van der Waals surface area contributed by atoms with Crippen LogP contribution in [0.4, 0.5) is 0 Å². The largest absolute Gasteiger partial charge is 0.309 e. The molecule has 0 atom stereocenters. The number of hydrogen-bond acceptors (Lipinski definition) is 1. The van der Waals surface area contributed by atoms with Crippen LogP contribution in [-0.4, -0.2) is 11.6 Å². The Balaban J connectivity index is 2.33. The lowest BCUT2D eigenvalue weighted by atomic mass is 9.61. The van der Waals surface area contributed by atoms with E-state index in [1.807, 2.05) is 0 Å². The SMILES string of the molecule is CCCC1(CC)CC(NC(C)(C)C)C1. The molecule has 0 radical (unpaired) electrons. The van der Waals surface area contributed by atoms with Gasteiger partial charge in [0.2, 0.25) is 0 Å². The van der Waals surface area contributed by atoms with E-state index in [2.05, 4.69) is 39.9 Å². The van der Waals surface area contributed by atoms with Gasteiger partial charge in [0.15, 0.2) is 0 Å². The molecule has 0 aromatic heterocycles. The molecule has 0 saturated heterocycles. The van der Waals surface area contributed by atoms with Crippen molar-refractivity contribution < 1.29 is 0 Å². The molecule has 1 aliphatic rings. The summed E-state index contributed by atoms with van der Waals surface area (Å²) in [6.45, 7) is 11.4. The van der Waals surface area contributed by atoms with Crippen molar-refractivity contribution in [2.45, 2.75) is 78.3 Å². The van der Waals surface area contributed by atoms with Gasteiger partial charge in [0.1, 0.15) is 0 Å². The molecule has 1 rings (SSSR count). The molecule has 1 N–H and O–H groups in total. The quantitative estimate of drug-likeness (QED) is 0.724. The van der Waals surface area contributed by atoms with Crippen LogP contribution in [0, 0.1) is 5.41 Å². The van der Waals surface area contributed by atoms with Crippen LogP contribution >= 0.6 is 0 Å². The van der Waals surface area contributed by atoms with E-state index in [0.717, 1.165) is 6.04 Å². The highest BCUT2D eigenvalue weighted by Gasteiger charge is 2.42. The van der Waals surface area contributed by atoms with Crippen molar-refractivity contribution >= 4 is 0 Å². The molecule has 14 heavy (non-hydrogen) atoms. The smallest absolute Gasteiger partial charge is 0.00991 e. The molecule has 1 nitrogen and oxygen atoms in total. The fraction of sp³-hybridized carbons (Fsp3) is 1.00. The normalized spacial score (nSPS) is 32.8. The summed E-state index contributed by atoms with van der Waals surface area (Å²) in [5.41, 5.74) is 0.981. The number of hydrogen-bond donors (Lipinski definition) is 1. The van der Waals surface area contributed by atoms with Gasteiger partial charge in [-0.1, -0.05) is 26.7 Å². The topological polar surface area (TPSA) is 12.0 Å². The van der Waals surface area contributed by atoms with Gasteiger partial charge in [-0.3, -0.25) is 0 Å². The minimum atomic E-state index is 0.288. The number of rotatable bonds is 4. The predicted molar refractivity (Wildman–Crippen MR) is 63.5 cm³/mol. The Kier molecular flexibility index (Phi) is 3.63. The van der Waals surface area contributed by atoms with Crippen molar-refractivity contribution in [3.05, 3.63) is 0 Å². The molecule has 1 saturated carbocycles. The third-order valence-corrected chi connectivity index (χ3v) is 3.53. The first-order valence-corrected chi connectivity index (χ1v) is 6.18. The van der Waals surface area contributed by atoms with Gasteiger partial charge in [0.25, 0.3) is 0 Å². The van der Waals surface area contributed by atoms with E-state index in [1.54, 1.807) is 0 Å². The van der Waals surface area contributed by atoms with E-state index in [4.69, 9.17) is 0 Å². The zero-order valence-corrected chi connectivity index (χ0v) is 10.6. The van der Waals surface area contributed by atoms with E-state index in [1.165, 1.54) is 32.1 Å². The molecule has 0 amide bonds. The highest BCUT2D eigenvalue weighted by molar-refractivity contribution is 4.98. The molecule has 0 unspecified atom stereocenters. The molecule has 0 aromatic carbocycles. The maximum Gasteiger partial charge on any atom is 0.00991 e. The second kappa shape index (κ2) is 4.22. The van der Waals surface area contributed by atoms with E-state index < -0.39 is 0 Å². The summed E-state index contributed by atoms with van der Waals surface area (Å²) in [5.74, 6) is 0. The van der Waals surface area contributed by atoms with Crippen molar-refractivity contribution in [1.82, 2.24) is 5.32 Å². The summed E-state index contributed by atoms with van der Waals surface area (Å²) in [7, 11) is 0. The average molecular weight is 197 g/mol. The average Bonchev–Trinajstić information content (AvgIpc) is 1.97. The van der Waals surface area contributed by atoms with Gasteiger partial charge in [-0.2, -0.15) is 0 Å². The van der Waals surface area contributed by atoms with Crippen molar-refractivity contribution in [2.75, 3.05) is 0 Å². The Morgan fingerprint density at radius 3 is 2.14 bits per heavy atom. The van der Waals surface area contributed by atoms with Crippen LogP contribution < -0.4 is 5.32 Å². The van der Waals surface area contributed by atoms with E-state index >= 15 is 0 Å². The molecule has 1 heteroatoms. The van der Waals surface area contributed by atoms with E-state index in [-0.39, 0.29) is 5.54 Å². The van der Waals surface area contributed by atoms with Crippen LogP contribution in [0.2, 0.25) is 0 Å². The maximum absolute atomic E-state index is 3.70. The van der Waals surface area contributed by atoms with Crippen LogP contribution in [0.25, 0.3) is 0 Å². The molecule has 0 aromatic rings. The summed E-state index contributed by atoms with van der Waals surface area (Å²) >= 11 is 0. The first kappa shape index (κ1) is 12.0. The fourth-order valence-electron chi connectivity index (χ4n) is 2.90. The highest BCUT2D eigenvalue weighted by Crippen LogP contribution is 2.48. The highest BCUT2D eigenvalue weighted by atomic mass is 15.0. The molecular weight excluding hydrogens is 170 g/mol. The van der Waals surface area contributed by atoms with Gasteiger partial charge in [-0.05, 0) is 45.4 Å². The van der Waals surface area contributed by atoms with Crippen molar-refractivity contribution in [3.8, 4) is 0 Å².